The molecule has 0 radical (unpaired) electrons. The number of esters is 1. The maximum atomic E-state index is 13.2. The van der Waals surface area contributed by atoms with Gasteiger partial charge in [0.05, 0.1) is 33.3 Å². The first kappa shape index (κ1) is 21.2. The normalized spacial score (nSPS) is 17.7. The van der Waals surface area contributed by atoms with Gasteiger partial charge in [0.2, 0.25) is 5.91 Å². The Morgan fingerprint density at radius 2 is 1.73 bits per heavy atom. The number of rotatable bonds is 6. The van der Waals surface area contributed by atoms with Crippen LogP contribution in [-0.2, 0) is 14.3 Å². The lowest BCUT2D eigenvalue weighted by atomic mass is 9.79. The molecule has 0 spiro atoms. The summed E-state index contributed by atoms with van der Waals surface area (Å²) in [5.74, 6) is -0.831. The second-order valence-corrected chi connectivity index (χ2v) is 6.83. The van der Waals surface area contributed by atoms with Crippen molar-refractivity contribution in [3.63, 3.8) is 0 Å². The van der Waals surface area contributed by atoms with Gasteiger partial charge in [0.15, 0.2) is 11.5 Å². The van der Waals surface area contributed by atoms with Crippen LogP contribution in [0, 0.1) is 0 Å². The topological polar surface area (TPSA) is 94.2 Å². The van der Waals surface area contributed by atoms with Gasteiger partial charge in [-0.25, -0.2) is 0 Å². The van der Waals surface area contributed by atoms with Crippen LogP contribution in [0.2, 0.25) is 0 Å². The number of ether oxygens (including phenoxy) is 3. The number of amides is 2. The summed E-state index contributed by atoms with van der Waals surface area (Å²) in [6, 6.07) is 11.7. The molecule has 1 aliphatic rings. The van der Waals surface area contributed by atoms with Crippen LogP contribution in [0.3, 0.4) is 0 Å². The fraction of sp³-hybridized carbons (Fsp3) is 0.318. The van der Waals surface area contributed by atoms with E-state index >= 15 is 0 Å². The summed E-state index contributed by atoms with van der Waals surface area (Å²) in [4.78, 5) is 39.3. The second-order valence-electron chi connectivity index (χ2n) is 6.83. The zero-order valence-corrected chi connectivity index (χ0v) is 17.3. The molecule has 0 saturated heterocycles. The van der Waals surface area contributed by atoms with E-state index in [9.17, 15) is 14.4 Å². The second kappa shape index (κ2) is 8.86. The lowest BCUT2D eigenvalue weighted by Gasteiger charge is -2.39. The Labute approximate surface area is 174 Å². The smallest absolute Gasteiger partial charge is 0.325 e. The molecule has 0 aliphatic carbocycles. The first-order valence-electron chi connectivity index (χ1n) is 9.35. The number of fused-ring (bicyclic) bond motifs is 1. The van der Waals surface area contributed by atoms with E-state index in [1.165, 1.54) is 26.2 Å². The summed E-state index contributed by atoms with van der Waals surface area (Å²) in [6.07, 6.45) is 0. The summed E-state index contributed by atoms with van der Waals surface area (Å²) < 4.78 is 15.3. The maximum absolute atomic E-state index is 13.2. The number of carbonyl (C=O) groups excluding carboxylic acids is 3. The van der Waals surface area contributed by atoms with E-state index in [2.05, 4.69) is 10.1 Å². The highest BCUT2D eigenvalue weighted by molar-refractivity contribution is 6.01. The van der Waals surface area contributed by atoms with Gasteiger partial charge < -0.3 is 24.4 Å². The van der Waals surface area contributed by atoms with Crippen molar-refractivity contribution in [2.75, 3.05) is 34.9 Å². The van der Waals surface area contributed by atoms with Gasteiger partial charge in [-0.05, 0) is 29.3 Å². The van der Waals surface area contributed by atoms with Crippen LogP contribution in [-0.4, -0.2) is 57.6 Å². The van der Waals surface area contributed by atoms with Gasteiger partial charge in [-0.15, -0.1) is 0 Å². The van der Waals surface area contributed by atoms with E-state index in [1.807, 2.05) is 0 Å². The molecule has 2 atom stereocenters. The van der Waals surface area contributed by atoms with Crippen LogP contribution < -0.4 is 14.8 Å². The minimum Gasteiger partial charge on any atom is -0.493 e. The zero-order valence-electron chi connectivity index (χ0n) is 17.3. The third-order valence-electron chi connectivity index (χ3n) is 5.25. The Hall–Kier alpha value is -3.55. The average molecular weight is 412 g/mol. The van der Waals surface area contributed by atoms with Gasteiger partial charge in [0, 0.05) is 12.6 Å². The molecule has 0 saturated carbocycles. The summed E-state index contributed by atoms with van der Waals surface area (Å²) in [5.41, 5.74) is 1.76. The standard InChI is InChI=1S/C22H24N2O6/c1-24-20(13-9-10-16(28-2)17(11-13)29-3)19(21(26)23-12-18(25)30-4)14-7-5-6-8-15(14)22(24)27/h5-11,19-20H,12H2,1-4H3,(H,23,26). The molecule has 2 unspecified atom stereocenters. The largest absolute Gasteiger partial charge is 0.493 e. The van der Waals surface area contributed by atoms with Crippen LogP contribution in [0.1, 0.15) is 33.4 Å². The number of carbonyl (C=O) groups is 3. The molecule has 1 aliphatic heterocycles. The number of methoxy groups -OCH3 is 3. The predicted molar refractivity (Wildman–Crippen MR) is 109 cm³/mol. The molecule has 30 heavy (non-hydrogen) atoms. The molecule has 2 aromatic rings. The summed E-state index contributed by atoms with van der Waals surface area (Å²) >= 11 is 0. The van der Waals surface area contributed by atoms with E-state index < -0.39 is 17.9 Å². The monoisotopic (exact) mass is 412 g/mol. The Morgan fingerprint density at radius 3 is 2.40 bits per heavy atom. The molecule has 0 aromatic heterocycles. The number of benzene rings is 2. The average Bonchev–Trinajstić information content (AvgIpc) is 2.78. The molecule has 0 bridgehead atoms. The third kappa shape index (κ3) is 3.80. The third-order valence-corrected chi connectivity index (χ3v) is 5.25. The van der Waals surface area contributed by atoms with Crippen LogP contribution in [0.4, 0.5) is 0 Å². The Morgan fingerprint density at radius 1 is 1.03 bits per heavy atom. The van der Waals surface area contributed by atoms with Crippen molar-refractivity contribution in [3.8, 4) is 11.5 Å². The number of nitrogens with one attached hydrogen (secondary N) is 1. The van der Waals surface area contributed by atoms with Crippen molar-refractivity contribution in [1.82, 2.24) is 10.2 Å². The summed E-state index contributed by atoms with van der Waals surface area (Å²) in [6.45, 7) is -0.260. The highest BCUT2D eigenvalue weighted by atomic mass is 16.5. The molecule has 1 heterocycles. The van der Waals surface area contributed by atoms with E-state index in [0.717, 1.165) is 0 Å². The van der Waals surface area contributed by atoms with Gasteiger partial charge in [-0.2, -0.15) is 0 Å². The lowest BCUT2D eigenvalue weighted by Crippen LogP contribution is -2.46. The molecular formula is C22H24N2O6. The molecule has 158 valence electrons. The molecule has 2 aromatic carbocycles. The van der Waals surface area contributed by atoms with Crippen molar-refractivity contribution in [2.24, 2.45) is 0 Å². The van der Waals surface area contributed by atoms with Gasteiger partial charge in [-0.1, -0.05) is 24.3 Å². The van der Waals surface area contributed by atoms with Crippen molar-refractivity contribution < 1.29 is 28.6 Å². The minimum absolute atomic E-state index is 0.192. The SMILES string of the molecule is COC(=O)CNC(=O)C1c2ccccc2C(=O)N(C)C1c1ccc(OC)c(OC)c1. The van der Waals surface area contributed by atoms with Gasteiger partial charge >= 0.3 is 5.97 Å². The number of nitrogens with zero attached hydrogens (tertiary/aromatic N) is 1. The van der Waals surface area contributed by atoms with Crippen molar-refractivity contribution in [2.45, 2.75) is 12.0 Å². The maximum Gasteiger partial charge on any atom is 0.325 e. The Kier molecular flexibility index (Phi) is 6.25. The Bertz CT molecular complexity index is 974. The highest BCUT2D eigenvalue weighted by Crippen LogP contribution is 2.43. The van der Waals surface area contributed by atoms with Gasteiger partial charge in [-0.3, -0.25) is 14.4 Å². The van der Waals surface area contributed by atoms with E-state index in [1.54, 1.807) is 49.5 Å². The first-order chi connectivity index (χ1) is 14.4. The number of hydrogen-bond acceptors (Lipinski definition) is 6. The fourth-order valence-electron chi connectivity index (χ4n) is 3.75. The lowest BCUT2D eigenvalue weighted by molar-refractivity contribution is -0.141. The van der Waals surface area contributed by atoms with Crippen LogP contribution in [0.5, 0.6) is 11.5 Å². The van der Waals surface area contributed by atoms with Crippen molar-refractivity contribution in [3.05, 3.63) is 59.2 Å². The quantitative estimate of drug-likeness (QED) is 0.729. The van der Waals surface area contributed by atoms with E-state index in [0.29, 0.717) is 28.2 Å². The van der Waals surface area contributed by atoms with Crippen LogP contribution in [0.25, 0.3) is 0 Å². The Balaban J connectivity index is 2.10. The zero-order chi connectivity index (χ0) is 21.8. The molecule has 1 N–H and O–H groups in total. The predicted octanol–water partition coefficient (Wildman–Crippen LogP) is 1.90. The first-order valence-corrected chi connectivity index (χ1v) is 9.35. The molecule has 2 amide bonds. The molecule has 8 heteroatoms. The van der Waals surface area contributed by atoms with Crippen molar-refractivity contribution >= 4 is 17.8 Å². The minimum atomic E-state index is -0.730. The van der Waals surface area contributed by atoms with Crippen LogP contribution >= 0.6 is 0 Å². The molecule has 8 nitrogen and oxygen atoms in total. The fourth-order valence-corrected chi connectivity index (χ4v) is 3.75. The van der Waals surface area contributed by atoms with Gasteiger partial charge in [0.1, 0.15) is 6.54 Å². The van der Waals surface area contributed by atoms with Crippen molar-refractivity contribution in [1.29, 1.82) is 0 Å². The molecular weight excluding hydrogens is 388 g/mol. The van der Waals surface area contributed by atoms with E-state index in [-0.39, 0.29) is 18.4 Å². The number of likely N-dealkylation sites (N-methyl/N-ethyl adjacent to an activating group) is 1. The molecule has 3 rings (SSSR count). The number of hydrogen-bond donors (Lipinski definition) is 1. The summed E-state index contributed by atoms with van der Waals surface area (Å²) in [5, 5.41) is 2.62. The summed E-state index contributed by atoms with van der Waals surface area (Å²) in [7, 11) is 5.96. The highest BCUT2D eigenvalue weighted by Gasteiger charge is 2.42. The van der Waals surface area contributed by atoms with E-state index in [4.69, 9.17) is 9.47 Å². The molecule has 0 fully saturated rings. The van der Waals surface area contributed by atoms with Crippen LogP contribution in [0.15, 0.2) is 42.5 Å². The van der Waals surface area contributed by atoms with Gasteiger partial charge in [0.25, 0.3) is 5.91 Å².